The molecule has 3 amide bonds. The summed E-state index contributed by atoms with van der Waals surface area (Å²) in [6, 6.07) is 1.54. The van der Waals surface area contributed by atoms with Crippen LogP contribution in [0, 0.1) is 0 Å². The van der Waals surface area contributed by atoms with Crippen LogP contribution in [0.1, 0.15) is 12.8 Å². The molecule has 0 fully saturated rings. The van der Waals surface area contributed by atoms with E-state index in [0.29, 0.717) is 5.69 Å². The maximum Gasteiger partial charge on any atom is 0.326 e. The average Bonchev–Trinajstić information content (AvgIpc) is 2.42. The number of nitrogens with one attached hydrogen (secondary N) is 1. The molecular weight excluding hydrogens is 264 g/mol. The van der Waals surface area contributed by atoms with Crippen molar-refractivity contribution in [3.05, 3.63) is 24.5 Å². The minimum Gasteiger partial charge on any atom is -0.480 e. The standard InChI is InChI=1S/C12H16N4O4/c1-16(8-3-2-6-14-7-8)12(20)15-9(11(18)19)4-5-10(13)17/h2-3,6-7,9H,4-5H2,1H3,(H2,13,17)(H,15,20)(H,18,19). The number of nitrogens with two attached hydrogens (primary N) is 1. The Hall–Kier alpha value is -2.64. The van der Waals surface area contributed by atoms with Gasteiger partial charge in [-0.15, -0.1) is 0 Å². The van der Waals surface area contributed by atoms with E-state index in [4.69, 9.17) is 10.8 Å². The van der Waals surface area contributed by atoms with E-state index in [1.807, 2.05) is 0 Å². The number of amides is 3. The summed E-state index contributed by atoms with van der Waals surface area (Å²) in [5.74, 6) is -1.84. The number of rotatable bonds is 6. The zero-order valence-corrected chi connectivity index (χ0v) is 10.9. The molecule has 20 heavy (non-hydrogen) atoms. The zero-order chi connectivity index (χ0) is 15.1. The van der Waals surface area contributed by atoms with Crippen LogP contribution < -0.4 is 16.0 Å². The van der Waals surface area contributed by atoms with Gasteiger partial charge in [0.2, 0.25) is 5.91 Å². The van der Waals surface area contributed by atoms with Gasteiger partial charge < -0.3 is 16.2 Å². The molecular formula is C12H16N4O4. The summed E-state index contributed by atoms with van der Waals surface area (Å²) in [5, 5.41) is 11.3. The second-order valence-electron chi connectivity index (χ2n) is 4.12. The quantitative estimate of drug-likeness (QED) is 0.673. The van der Waals surface area contributed by atoms with Gasteiger partial charge in [-0.25, -0.2) is 9.59 Å². The lowest BCUT2D eigenvalue weighted by Gasteiger charge is -2.20. The summed E-state index contributed by atoms with van der Waals surface area (Å²) in [5.41, 5.74) is 5.48. The predicted octanol–water partition coefficient (Wildman–Crippen LogP) is -0.0539. The van der Waals surface area contributed by atoms with Crippen LogP contribution in [0.15, 0.2) is 24.5 Å². The van der Waals surface area contributed by atoms with E-state index in [9.17, 15) is 14.4 Å². The Morgan fingerprint density at radius 2 is 2.20 bits per heavy atom. The number of carbonyl (C=O) groups excluding carboxylic acids is 2. The van der Waals surface area contributed by atoms with Crippen molar-refractivity contribution in [3.63, 3.8) is 0 Å². The van der Waals surface area contributed by atoms with Crippen LogP contribution in [0.3, 0.4) is 0 Å². The minimum absolute atomic E-state index is 0.0582. The van der Waals surface area contributed by atoms with Crippen molar-refractivity contribution in [2.75, 3.05) is 11.9 Å². The summed E-state index contributed by atoms with van der Waals surface area (Å²) in [6.45, 7) is 0. The van der Waals surface area contributed by atoms with Gasteiger partial charge in [0.05, 0.1) is 11.9 Å². The molecule has 0 aliphatic rings. The van der Waals surface area contributed by atoms with Crippen molar-refractivity contribution >= 4 is 23.6 Å². The molecule has 0 radical (unpaired) electrons. The second-order valence-corrected chi connectivity index (χ2v) is 4.12. The smallest absolute Gasteiger partial charge is 0.326 e. The number of carboxylic acids is 1. The molecule has 0 bridgehead atoms. The maximum absolute atomic E-state index is 11.9. The number of carbonyl (C=O) groups is 3. The number of aromatic nitrogens is 1. The molecule has 1 aromatic heterocycles. The predicted molar refractivity (Wildman–Crippen MR) is 71.0 cm³/mol. The van der Waals surface area contributed by atoms with Crippen molar-refractivity contribution in [3.8, 4) is 0 Å². The highest BCUT2D eigenvalue weighted by Gasteiger charge is 2.22. The fraction of sp³-hybridized carbons (Fsp3) is 0.333. The zero-order valence-electron chi connectivity index (χ0n) is 10.9. The summed E-state index contributed by atoms with van der Waals surface area (Å²) in [6.07, 6.45) is 2.85. The molecule has 1 unspecified atom stereocenters. The first kappa shape index (κ1) is 15.4. The largest absolute Gasteiger partial charge is 0.480 e. The first-order chi connectivity index (χ1) is 9.41. The van der Waals surface area contributed by atoms with E-state index < -0.39 is 23.9 Å². The Morgan fingerprint density at radius 3 is 2.70 bits per heavy atom. The molecule has 108 valence electrons. The van der Waals surface area contributed by atoms with Crippen molar-refractivity contribution < 1.29 is 19.5 Å². The SMILES string of the molecule is CN(C(=O)NC(CCC(N)=O)C(=O)O)c1cccnc1. The monoisotopic (exact) mass is 280 g/mol. The van der Waals surface area contributed by atoms with E-state index in [0.717, 1.165) is 0 Å². The second kappa shape index (κ2) is 7.07. The molecule has 1 rings (SSSR count). The van der Waals surface area contributed by atoms with Gasteiger partial charge >= 0.3 is 12.0 Å². The van der Waals surface area contributed by atoms with E-state index in [-0.39, 0.29) is 12.8 Å². The number of hydrogen-bond acceptors (Lipinski definition) is 4. The van der Waals surface area contributed by atoms with E-state index in [1.54, 1.807) is 18.3 Å². The normalized spacial score (nSPS) is 11.4. The number of aliphatic carboxylic acids is 1. The molecule has 0 saturated carbocycles. The van der Waals surface area contributed by atoms with Crippen molar-refractivity contribution in [2.24, 2.45) is 5.73 Å². The van der Waals surface area contributed by atoms with Gasteiger partial charge in [-0.1, -0.05) is 0 Å². The van der Waals surface area contributed by atoms with Crippen molar-refractivity contribution in [1.82, 2.24) is 10.3 Å². The highest BCUT2D eigenvalue weighted by atomic mass is 16.4. The summed E-state index contributed by atoms with van der Waals surface area (Å²) in [4.78, 5) is 38.7. The van der Waals surface area contributed by atoms with E-state index >= 15 is 0 Å². The Balaban J connectivity index is 2.66. The first-order valence-electron chi connectivity index (χ1n) is 5.87. The lowest BCUT2D eigenvalue weighted by Crippen LogP contribution is -2.47. The molecule has 0 aromatic carbocycles. The number of urea groups is 1. The first-order valence-corrected chi connectivity index (χ1v) is 5.87. The van der Waals surface area contributed by atoms with Gasteiger partial charge in [0, 0.05) is 19.7 Å². The van der Waals surface area contributed by atoms with Gasteiger partial charge in [0.1, 0.15) is 6.04 Å². The van der Waals surface area contributed by atoms with Crippen LogP contribution >= 0.6 is 0 Å². The highest BCUT2D eigenvalue weighted by molar-refractivity contribution is 5.93. The van der Waals surface area contributed by atoms with Crippen LogP contribution in [-0.2, 0) is 9.59 Å². The third kappa shape index (κ3) is 4.56. The molecule has 8 heteroatoms. The van der Waals surface area contributed by atoms with Gasteiger partial charge in [0.15, 0.2) is 0 Å². The van der Waals surface area contributed by atoms with Crippen LogP contribution in [0.25, 0.3) is 0 Å². The molecule has 0 saturated heterocycles. The van der Waals surface area contributed by atoms with Crippen molar-refractivity contribution in [2.45, 2.75) is 18.9 Å². The van der Waals surface area contributed by atoms with Crippen LogP contribution in [0.5, 0.6) is 0 Å². The van der Waals surface area contributed by atoms with Gasteiger partial charge in [0.25, 0.3) is 0 Å². The number of nitrogens with zero attached hydrogens (tertiary/aromatic N) is 2. The molecule has 4 N–H and O–H groups in total. The Labute approximate surface area is 115 Å². The Morgan fingerprint density at radius 1 is 1.50 bits per heavy atom. The number of anilines is 1. The Bertz CT molecular complexity index is 491. The van der Waals surface area contributed by atoms with Gasteiger partial charge in [-0.2, -0.15) is 0 Å². The molecule has 8 nitrogen and oxygen atoms in total. The highest BCUT2D eigenvalue weighted by Crippen LogP contribution is 2.09. The molecule has 0 aliphatic carbocycles. The van der Waals surface area contributed by atoms with Gasteiger partial charge in [-0.3, -0.25) is 14.7 Å². The lowest BCUT2D eigenvalue weighted by atomic mass is 10.1. The number of hydrogen-bond donors (Lipinski definition) is 3. The summed E-state index contributed by atoms with van der Waals surface area (Å²) in [7, 11) is 1.49. The molecule has 1 aromatic rings. The summed E-state index contributed by atoms with van der Waals surface area (Å²) >= 11 is 0. The lowest BCUT2D eigenvalue weighted by molar-refractivity contribution is -0.139. The van der Waals surface area contributed by atoms with Crippen LogP contribution in [-0.4, -0.2) is 41.1 Å². The Kier molecular flexibility index (Phi) is 5.45. The number of primary amides is 1. The fourth-order valence-corrected chi connectivity index (χ4v) is 1.46. The number of carboxylic acid groups (broad SMARTS) is 1. The third-order valence-electron chi connectivity index (χ3n) is 2.61. The third-order valence-corrected chi connectivity index (χ3v) is 2.61. The molecule has 0 spiro atoms. The molecule has 0 aliphatic heterocycles. The van der Waals surface area contributed by atoms with Crippen LogP contribution in [0.2, 0.25) is 0 Å². The van der Waals surface area contributed by atoms with Gasteiger partial charge in [-0.05, 0) is 18.6 Å². The minimum atomic E-state index is -1.22. The van der Waals surface area contributed by atoms with E-state index in [1.165, 1.54) is 18.1 Å². The maximum atomic E-state index is 11.9. The fourth-order valence-electron chi connectivity index (χ4n) is 1.46. The number of pyridine rings is 1. The summed E-state index contributed by atoms with van der Waals surface area (Å²) < 4.78 is 0. The molecule has 1 atom stereocenters. The topological polar surface area (TPSA) is 126 Å². The average molecular weight is 280 g/mol. The van der Waals surface area contributed by atoms with Crippen molar-refractivity contribution in [1.29, 1.82) is 0 Å². The van der Waals surface area contributed by atoms with E-state index in [2.05, 4.69) is 10.3 Å². The molecule has 1 heterocycles. The van der Waals surface area contributed by atoms with Crippen LogP contribution in [0.4, 0.5) is 10.5 Å².